The number of nitrogens with zero attached hydrogens (tertiary/aromatic N) is 3. The summed E-state index contributed by atoms with van der Waals surface area (Å²) in [5, 5.41) is 7.10. The van der Waals surface area contributed by atoms with E-state index in [2.05, 4.69) is 10.4 Å². The lowest BCUT2D eigenvalue weighted by atomic mass is 10.2. The summed E-state index contributed by atoms with van der Waals surface area (Å²) in [6.07, 6.45) is 6.28. The Labute approximate surface area is 187 Å². The normalized spacial score (nSPS) is 14.8. The Morgan fingerprint density at radius 2 is 1.84 bits per heavy atom. The van der Waals surface area contributed by atoms with E-state index in [0.29, 0.717) is 24.5 Å². The van der Waals surface area contributed by atoms with Gasteiger partial charge in [0.1, 0.15) is 5.75 Å². The molecule has 4 rings (SSSR count). The molecule has 1 aromatic heterocycles. The molecule has 0 aliphatic carbocycles. The number of hydrogen-bond acceptors (Lipinski definition) is 5. The van der Waals surface area contributed by atoms with Crippen LogP contribution in [0.5, 0.6) is 5.75 Å². The van der Waals surface area contributed by atoms with Gasteiger partial charge in [0.05, 0.1) is 36.0 Å². The molecule has 0 radical (unpaired) electrons. The van der Waals surface area contributed by atoms with Gasteiger partial charge in [0.2, 0.25) is 15.9 Å². The van der Waals surface area contributed by atoms with Crippen LogP contribution < -0.4 is 10.1 Å². The number of rotatable bonds is 7. The monoisotopic (exact) mass is 454 g/mol. The van der Waals surface area contributed by atoms with Crippen LogP contribution in [0.4, 0.5) is 5.69 Å². The lowest BCUT2D eigenvalue weighted by molar-refractivity contribution is -0.115. The highest BCUT2D eigenvalue weighted by atomic mass is 32.2. The van der Waals surface area contributed by atoms with Crippen LogP contribution in [0.15, 0.2) is 65.8 Å². The number of carbonyl (C=O) groups excluding carboxylic acids is 1. The van der Waals surface area contributed by atoms with Crippen molar-refractivity contribution >= 4 is 21.6 Å². The molecular weight excluding hydrogens is 428 g/mol. The van der Waals surface area contributed by atoms with Gasteiger partial charge in [0, 0.05) is 19.3 Å². The third kappa shape index (κ3) is 4.84. The van der Waals surface area contributed by atoms with Gasteiger partial charge in [-0.15, -0.1) is 0 Å². The van der Waals surface area contributed by atoms with Gasteiger partial charge in [-0.25, -0.2) is 13.1 Å². The maximum atomic E-state index is 13.0. The summed E-state index contributed by atoms with van der Waals surface area (Å²) in [4.78, 5) is 12.8. The van der Waals surface area contributed by atoms with Crippen LogP contribution in [0.3, 0.4) is 0 Å². The van der Waals surface area contributed by atoms with Crippen molar-refractivity contribution < 1.29 is 17.9 Å². The number of hydrogen-bond donors (Lipinski definition) is 1. The van der Waals surface area contributed by atoms with E-state index >= 15 is 0 Å². The Balaban J connectivity index is 1.50. The molecule has 1 fully saturated rings. The fraction of sp³-hybridized carbons (Fsp3) is 0.304. The first-order chi connectivity index (χ1) is 15.5. The van der Waals surface area contributed by atoms with Gasteiger partial charge in [-0.1, -0.05) is 24.6 Å². The topological polar surface area (TPSA) is 93.5 Å². The summed E-state index contributed by atoms with van der Waals surface area (Å²) >= 11 is 0. The second-order valence-electron chi connectivity index (χ2n) is 7.68. The summed E-state index contributed by atoms with van der Waals surface area (Å²) in [5.74, 6) is 0.111. The van der Waals surface area contributed by atoms with E-state index in [9.17, 15) is 13.2 Å². The lowest BCUT2D eigenvalue weighted by Crippen LogP contribution is -2.35. The zero-order valence-electron chi connectivity index (χ0n) is 17.9. The summed E-state index contributed by atoms with van der Waals surface area (Å²) < 4.78 is 34.6. The molecule has 0 spiro atoms. The summed E-state index contributed by atoms with van der Waals surface area (Å²) in [7, 11) is -2.14. The summed E-state index contributed by atoms with van der Waals surface area (Å²) in [6.45, 7) is 1.03. The zero-order valence-corrected chi connectivity index (χ0v) is 18.7. The number of ether oxygens (including phenoxy) is 1. The number of benzene rings is 2. The van der Waals surface area contributed by atoms with Gasteiger partial charge in [0.25, 0.3) is 0 Å². The smallest absolute Gasteiger partial charge is 0.243 e. The minimum absolute atomic E-state index is 0.0963. The maximum Gasteiger partial charge on any atom is 0.243 e. The number of amides is 1. The minimum Gasteiger partial charge on any atom is -0.495 e. The van der Waals surface area contributed by atoms with E-state index in [1.807, 2.05) is 30.3 Å². The Morgan fingerprint density at radius 3 is 2.56 bits per heavy atom. The molecule has 9 heteroatoms. The fourth-order valence-electron chi connectivity index (χ4n) is 3.75. The van der Waals surface area contributed by atoms with Crippen LogP contribution >= 0.6 is 0 Å². The van der Waals surface area contributed by atoms with Crippen LogP contribution in [0.25, 0.3) is 5.69 Å². The van der Waals surface area contributed by atoms with Gasteiger partial charge in [-0.2, -0.15) is 9.40 Å². The summed E-state index contributed by atoms with van der Waals surface area (Å²) in [6, 6.07) is 14.2. The first kappa shape index (κ1) is 22.0. The molecule has 0 saturated carbocycles. The predicted molar refractivity (Wildman–Crippen MR) is 122 cm³/mol. The molecule has 3 aromatic rings. The van der Waals surface area contributed by atoms with Crippen LogP contribution in [-0.2, 0) is 21.2 Å². The van der Waals surface area contributed by atoms with Gasteiger partial charge in [0.15, 0.2) is 0 Å². The molecule has 2 heterocycles. The molecule has 2 aromatic carbocycles. The highest BCUT2D eigenvalue weighted by Gasteiger charge is 2.27. The van der Waals surface area contributed by atoms with Crippen molar-refractivity contribution in [3.8, 4) is 11.4 Å². The van der Waals surface area contributed by atoms with Crippen LogP contribution in [0, 0.1) is 0 Å². The molecule has 1 aliphatic heterocycles. The van der Waals surface area contributed by atoms with Crippen molar-refractivity contribution in [3.63, 3.8) is 0 Å². The number of nitrogens with one attached hydrogen (secondary N) is 1. The van der Waals surface area contributed by atoms with E-state index in [4.69, 9.17) is 4.74 Å². The third-order valence-electron chi connectivity index (χ3n) is 5.42. The van der Waals surface area contributed by atoms with Gasteiger partial charge >= 0.3 is 0 Å². The SMILES string of the molecule is COc1ccc(S(=O)(=O)N2CCCCC2)cc1NC(=O)Cc1cnn(-c2ccccc2)c1. The van der Waals surface area contributed by atoms with Gasteiger partial charge < -0.3 is 10.1 Å². The Morgan fingerprint density at radius 1 is 1.09 bits per heavy atom. The highest BCUT2D eigenvalue weighted by molar-refractivity contribution is 7.89. The van der Waals surface area contributed by atoms with Crippen molar-refractivity contribution in [3.05, 3.63) is 66.5 Å². The van der Waals surface area contributed by atoms with Crippen molar-refractivity contribution in [2.45, 2.75) is 30.6 Å². The minimum atomic E-state index is -3.62. The largest absolute Gasteiger partial charge is 0.495 e. The average Bonchev–Trinajstić information content (AvgIpc) is 3.28. The number of sulfonamides is 1. The number of anilines is 1. The quantitative estimate of drug-likeness (QED) is 0.592. The lowest BCUT2D eigenvalue weighted by Gasteiger charge is -2.26. The van der Waals surface area contributed by atoms with E-state index in [0.717, 1.165) is 30.5 Å². The molecule has 0 bridgehead atoms. The molecule has 168 valence electrons. The van der Waals surface area contributed by atoms with Crippen molar-refractivity contribution in [1.82, 2.24) is 14.1 Å². The molecule has 32 heavy (non-hydrogen) atoms. The molecule has 1 saturated heterocycles. The molecule has 0 atom stereocenters. The number of aromatic nitrogens is 2. The van der Waals surface area contributed by atoms with E-state index < -0.39 is 10.0 Å². The van der Waals surface area contributed by atoms with Crippen molar-refractivity contribution in [2.75, 3.05) is 25.5 Å². The molecular formula is C23H26N4O4S. The number of carbonyl (C=O) groups is 1. The Kier molecular flexibility index (Phi) is 6.57. The fourth-order valence-corrected chi connectivity index (χ4v) is 5.30. The van der Waals surface area contributed by atoms with E-state index in [-0.39, 0.29) is 17.2 Å². The first-order valence-electron chi connectivity index (χ1n) is 10.5. The standard InChI is InChI=1S/C23H26N4O4S/c1-31-22-11-10-20(32(29,30)26-12-6-3-7-13-26)15-21(22)25-23(28)14-18-16-24-27(17-18)19-8-4-2-5-9-19/h2,4-5,8-11,15-17H,3,6-7,12-14H2,1H3,(H,25,28). The second kappa shape index (κ2) is 9.54. The van der Waals surface area contributed by atoms with Crippen LogP contribution in [0.2, 0.25) is 0 Å². The average molecular weight is 455 g/mol. The third-order valence-corrected chi connectivity index (χ3v) is 7.31. The Hall–Kier alpha value is -3.17. The highest BCUT2D eigenvalue weighted by Crippen LogP contribution is 2.30. The van der Waals surface area contributed by atoms with Gasteiger partial charge in [-0.3, -0.25) is 4.79 Å². The van der Waals surface area contributed by atoms with Crippen molar-refractivity contribution in [2.24, 2.45) is 0 Å². The zero-order chi connectivity index (χ0) is 22.6. The van der Waals surface area contributed by atoms with Crippen LogP contribution in [0.1, 0.15) is 24.8 Å². The second-order valence-corrected chi connectivity index (χ2v) is 9.62. The van der Waals surface area contributed by atoms with E-state index in [1.165, 1.54) is 23.5 Å². The first-order valence-corrected chi connectivity index (χ1v) is 12.0. The molecule has 0 unspecified atom stereocenters. The molecule has 1 N–H and O–H groups in total. The molecule has 1 aliphatic rings. The van der Waals surface area contributed by atoms with Gasteiger partial charge in [-0.05, 0) is 48.7 Å². The number of methoxy groups -OCH3 is 1. The predicted octanol–water partition coefficient (Wildman–Crippen LogP) is 3.24. The number of para-hydroxylation sites is 1. The molecule has 1 amide bonds. The summed E-state index contributed by atoms with van der Waals surface area (Å²) in [5.41, 5.74) is 1.96. The Bertz CT molecular complexity index is 1190. The maximum absolute atomic E-state index is 13.0. The van der Waals surface area contributed by atoms with Crippen LogP contribution in [-0.4, -0.2) is 48.6 Å². The number of piperidine rings is 1. The molecule has 8 nitrogen and oxygen atoms in total. The van der Waals surface area contributed by atoms with E-state index in [1.54, 1.807) is 23.1 Å². The van der Waals surface area contributed by atoms with Crippen molar-refractivity contribution in [1.29, 1.82) is 0 Å².